The van der Waals surface area contributed by atoms with Gasteiger partial charge in [-0.05, 0) is 54.5 Å². The van der Waals surface area contributed by atoms with Crippen LogP contribution in [0.4, 0.5) is 13.2 Å². The fourth-order valence-electron chi connectivity index (χ4n) is 3.38. The number of rotatable bonds is 9. The molecule has 0 amide bonds. The van der Waals surface area contributed by atoms with Gasteiger partial charge in [0.2, 0.25) is 5.82 Å². The van der Waals surface area contributed by atoms with Crippen LogP contribution in [0.25, 0.3) is 0 Å². The predicted octanol–water partition coefficient (Wildman–Crippen LogP) is 8.05. The molecule has 0 N–H and O–H groups in total. The van der Waals surface area contributed by atoms with Crippen molar-refractivity contribution in [3.05, 3.63) is 102 Å². The highest BCUT2D eigenvalue weighted by atomic mass is 19.2. The summed E-state index contributed by atoms with van der Waals surface area (Å²) in [6.07, 6.45) is 9.39. The number of allylic oxidation sites excluding steroid dienone is 6. The van der Waals surface area contributed by atoms with Crippen LogP contribution in [0, 0.1) is 11.6 Å². The summed E-state index contributed by atoms with van der Waals surface area (Å²) in [7, 11) is 0. The molecule has 0 aromatic heterocycles. The van der Waals surface area contributed by atoms with Crippen LogP contribution in [-0.2, 0) is 0 Å². The van der Waals surface area contributed by atoms with Crippen LogP contribution >= 0.6 is 0 Å². The molecule has 0 unspecified atom stereocenters. The van der Waals surface area contributed by atoms with Gasteiger partial charge in [0.25, 0.3) is 0 Å². The van der Waals surface area contributed by atoms with Gasteiger partial charge < -0.3 is 4.74 Å². The van der Waals surface area contributed by atoms with E-state index in [1.165, 1.54) is 12.1 Å². The Morgan fingerprint density at radius 2 is 1.70 bits per heavy atom. The average Bonchev–Trinajstić information content (AvgIpc) is 2.72. The minimum absolute atomic E-state index is 0.0422. The Balaban J connectivity index is 1.96. The minimum Gasteiger partial charge on any atom is -0.486 e. The first-order valence-electron chi connectivity index (χ1n) is 10.1. The molecule has 4 heteroatoms. The second-order valence-electron chi connectivity index (χ2n) is 7.74. The molecule has 30 heavy (non-hydrogen) atoms. The van der Waals surface area contributed by atoms with Crippen LogP contribution < -0.4 is 4.74 Å². The van der Waals surface area contributed by atoms with Crippen molar-refractivity contribution in [1.29, 1.82) is 0 Å². The van der Waals surface area contributed by atoms with Crippen LogP contribution in [0.2, 0.25) is 0 Å². The number of benzene rings is 1. The van der Waals surface area contributed by atoms with E-state index in [2.05, 4.69) is 26.3 Å². The lowest BCUT2D eigenvalue weighted by Crippen LogP contribution is -2.09. The molecule has 0 bridgehead atoms. The summed E-state index contributed by atoms with van der Waals surface area (Å²) >= 11 is 0. The maximum atomic E-state index is 14.5. The van der Waals surface area contributed by atoms with Gasteiger partial charge in [-0.15, -0.1) is 0 Å². The number of halogens is 3. The monoisotopic (exact) mass is 414 g/mol. The smallest absolute Gasteiger partial charge is 0.200 e. The van der Waals surface area contributed by atoms with E-state index in [0.717, 1.165) is 32.1 Å². The Hall–Kier alpha value is -2.75. The van der Waals surface area contributed by atoms with E-state index in [1.54, 1.807) is 25.1 Å². The number of hydrogen-bond acceptors (Lipinski definition) is 1. The van der Waals surface area contributed by atoms with Crippen LogP contribution in [0.1, 0.15) is 50.5 Å². The highest BCUT2D eigenvalue weighted by Gasteiger charge is 2.23. The molecule has 1 aromatic rings. The second kappa shape index (κ2) is 10.9. The van der Waals surface area contributed by atoms with Crippen molar-refractivity contribution >= 4 is 0 Å². The molecule has 1 aromatic carbocycles. The van der Waals surface area contributed by atoms with Crippen molar-refractivity contribution in [2.45, 2.75) is 44.9 Å². The molecule has 1 nitrogen and oxygen atoms in total. The van der Waals surface area contributed by atoms with E-state index >= 15 is 0 Å². The number of hydrogen-bond donors (Lipinski definition) is 0. The van der Waals surface area contributed by atoms with E-state index in [4.69, 9.17) is 4.74 Å². The summed E-state index contributed by atoms with van der Waals surface area (Å²) in [5, 5.41) is 0. The van der Waals surface area contributed by atoms with Gasteiger partial charge in [0.05, 0.1) is 0 Å². The molecule has 0 atom stereocenters. The molecule has 0 spiro atoms. The molecular weight excluding hydrogens is 385 g/mol. The SMILES string of the molecule is C=C(C)/C=C(/F)C(=C)C(=C)/C=C\C(=C)COc1ccc(C2CCCCC2)c(F)c1F. The standard InChI is InChI=1S/C26H29F3O/c1-17(2)15-23(27)20(5)19(4)12-11-18(3)16-30-24-14-13-22(25(28)26(24)29)21-9-7-6-8-10-21/h11-15,21H,1,3-10,16H2,2H3/b12-11-,23-15+. The lowest BCUT2D eigenvalue weighted by molar-refractivity contribution is 0.323. The zero-order valence-corrected chi connectivity index (χ0v) is 17.6. The molecule has 0 aliphatic heterocycles. The van der Waals surface area contributed by atoms with Crippen LogP contribution in [-0.4, -0.2) is 6.61 Å². The summed E-state index contributed by atoms with van der Waals surface area (Å²) in [6.45, 7) is 16.5. The summed E-state index contributed by atoms with van der Waals surface area (Å²) < 4.78 is 48.3. The molecule has 0 saturated heterocycles. The second-order valence-corrected chi connectivity index (χ2v) is 7.74. The summed E-state index contributed by atoms with van der Waals surface area (Å²) in [5.41, 5.74) is 1.98. The highest BCUT2D eigenvalue weighted by molar-refractivity contribution is 5.48. The quantitative estimate of drug-likeness (QED) is 0.371. The lowest BCUT2D eigenvalue weighted by Gasteiger charge is -2.23. The molecule has 1 aliphatic rings. The fraction of sp³-hybridized carbons (Fsp3) is 0.308. The first-order chi connectivity index (χ1) is 14.2. The van der Waals surface area contributed by atoms with Crippen molar-refractivity contribution in [2.24, 2.45) is 0 Å². The maximum Gasteiger partial charge on any atom is 0.200 e. The Kier molecular flexibility index (Phi) is 8.52. The third kappa shape index (κ3) is 6.38. The van der Waals surface area contributed by atoms with Gasteiger partial charge in [-0.2, -0.15) is 4.39 Å². The Morgan fingerprint density at radius 3 is 2.33 bits per heavy atom. The van der Waals surface area contributed by atoms with Crippen LogP contribution in [0.15, 0.2) is 84.8 Å². The van der Waals surface area contributed by atoms with Gasteiger partial charge in [-0.25, -0.2) is 8.78 Å². The summed E-state index contributed by atoms with van der Waals surface area (Å²) in [4.78, 5) is 0. The van der Waals surface area contributed by atoms with Crippen molar-refractivity contribution < 1.29 is 17.9 Å². The fourth-order valence-corrected chi connectivity index (χ4v) is 3.38. The highest BCUT2D eigenvalue weighted by Crippen LogP contribution is 2.36. The largest absolute Gasteiger partial charge is 0.486 e. The summed E-state index contributed by atoms with van der Waals surface area (Å²) in [5.74, 6) is -2.40. The predicted molar refractivity (Wildman–Crippen MR) is 118 cm³/mol. The van der Waals surface area contributed by atoms with Crippen molar-refractivity contribution in [2.75, 3.05) is 6.61 Å². The van der Waals surface area contributed by atoms with Crippen molar-refractivity contribution in [1.82, 2.24) is 0 Å². The molecule has 1 fully saturated rings. The zero-order chi connectivity index (χ0) is 22.3. The number of ether oxygens (including phenoxy) is 1. The Morgan fingerprint density at radius 1 is 1.03 bits per heavy atom. The van der Waals surface area contributed by atoms with Gasteiger partial charge >= 0.3 is 0 Å². The van der Waals surface area contributed by atoms with E-state index in [1.807, 2.05) is 0 Å². The van der Waals surface area contributed by atoms with Gasteiger partial charge in [0, 0.05) is 5.57 Å². The van der Waals surface area contributed by atoms with E-state index in [0.29, 0.717) is 22.3 Å². The Bertz CT molecular complexity index is 899. The topological polar surface area (TPSA) is 9.23 Å². The van der Waals surface area contributed by atoms with Crippen molar-refractivity contribution in [3.63, 3.8) is 0 Å². The molecule has 160 valence electrons. The zero-order valence-electron chi connectivity index (χ0n) is 17.6. The lowest BCUT2D eigenvalue weighted by atomic mass is 9.84. The Labute approximate surface area is 177 Å². The normalized spacial score (nSPS) is 15.3. The van der Waals surface area contributed by atoms with Crippen LogP contribution in [0.3, 0.4) is 0 Å². The van der Waals surface area contributed by atoms with Gasteiger partial charge in [-0.1, -0.05) is 69.4 Å². The molecule has 0 radical (unpaired) electrons. The van der Waals surface area contributed by atoms with Crippen LogP contribution in [0.5, 0.6) is 5.75 Å². The van der Waals surface area contributed by atoms with E-state index < -0.39 is 17.5 Å². The first kappa shape index (κ1) is 23.5. The first-order valence-corrected chi connectivity index (χ1v) is 10.1. The molecular formula is C26H29F3O. The average molecular weight is 415 g/mol. The molecule has 1 aliphatic carbocycles. The third-order valence-electron chi connectivity index (χ3n) is 5.10. The third-order valence-corrected chi connectivity index (χ3v) is 5.10. The van der Waals surface area contributed by atoms with Gasteiger partial charge in [0.15, 0.2) is 11.6 Å². The van der Waals surface area contributed by atoms with E-state index in [9.17, 15) is 13.2 Å². The summed E-state index contributed by atoms with van der Waals surface area (Å²) in [6, 6.07) is 3.09. The van der Waals surface area contributed by atoms with E-state index in [-0.39, 0.29) is 23.8 Å². The molecule has 2 rings (SSSR count). The maximum absolute atomic E-state index is 14.5. The van der Waals surface area contributed by atoms with Crippen molar-refractivity contribution in [3.8, 4) is 5.75 Å². The van der Waals surface area contributed by atoms with Gasteiger partial charge in [-0.3, -0.25) is 0 Å². The van der Waals surface area contributed by atoms with Gasteiger partial charge in [0.1, 0.15) is 12.4 Å². The molecule has 1 saturated carbocycles. The minimum atomic E-state index is -0.973. The molecule has 0 heterocycles.